The number of benzene rings is 1. The molecule has 124 valence electrons. The van der Waals surface area contributed by atoms with Crippen LogP contribution in [0.1, 0.15) is 24.8 Å². The molecule has 1 aromatic rings. The first-order valence-corrected chi connectivity index (χ1v) is 7.94. The zero-order valence-corrected chi connectivity index (χ0v) is 13.6. The summed E-state index contributed by atoms with van der Waals surface area (Å²) in [5.74, 6) is 5.45. The normalized spacial score (nSPS) is 17.9. The summed E-state index contributed by atoms with van der Waals surface area (Å²) in [7, 11) is 0. The van der Waals surface area contributed by atoms with Crippen molar-refractivity contribution in [2.24, 2.45) is 11.6 Å². The van der Waals surface area contributed by atoms with E-state index in [-0.39, 0.29) is 6.04 Å². The molecule has 1 fully saturated rings. The molecule has 1 aliphatic rings. The van der Waals surface area contributed by atoms with E-state index in [1.807, 2.05) is 18.2 Å². The van der Waals surface area contributed by atoms with Gasteiger partial charge in [-0.3, -0.25) is 5.84 Å². The van der Waals surface area contributed by atoms with Gasteiger partial charge in [-0.25, -0.2) is 0 Å². The average Bonchev–Trinajstić information content (AvgIpc) is 3.08. The Morgan fingerprint density at radius 3 is 2.70 bits per heavy atom. The monoisotopic (exact) mass is 313 g/mol. The molecule has 2 rings (SSSR count). The van der Waals surface area contributed by atoms with E-state index in [1.165, 1.54) is 11.8 Å². The third-order valence-electron chi connectivity index (χ3n) is 4.20. The van der Waals surface area contributed by atoms with Crippen LogP contribution in [0.2, 0.25) is 0 Å². The number of rotatable bonds is 8. The molecule has 0 saturated carbocycles. The van der Waals surface area contributed by atoms with Gasteiger partial charge in [-0.2, -0.15) is 0 Å². The quantitative estimate of drug-likeness (QED) is 0.436. The molecule has 1 atom stereocenters. The lowest BCUT2D eigenvalue weighted by Crippen LogP contribution is -2.35. The Hall–Kier alpha value is -2.40. The Morgan fingerprint density at radius 2 is 2.04 bits per heavy atom. The molecule has 6 N–H and O–H groups in total. The van der Waals surface area contributed by atoms with Crippen molar-refractivity contribution in [3.05, 3.63) is 72.3 Å². The fraction of sp³-hybridized carbons (Fsp3) is 0.333. The van der Waals surface area contributed by atoms with Gasteiger partial charge in [-0.1, -0.05) is 43.5 Å². The second kappa shape index (κ2) is 8.29. The molecule has 0 spiro atoms. The number of likely N-dealkylation sites (tertiary alicyclic amines) is 1. The van der Waals surface area contributed by atoms with Crippen LogP contribution in [-0.2, 0) is 6.54 Å². The summed E-state index contributed by atoms with van der Waals surface area (Å²) in [6, 6.07) is 10.6. The molecule has 1 aromatic carbocycles. The fourth-order valence-corrected chi connectivity index (χ4v) is 2.92. The second-order valence-electron chi connectivity index (χ2n) is 5.80. The van der Waals surface area contributed by atoms with Crippen LogP contribution in [0, 0.1) is 0 Å². The van der Waals surface area contributed by atoms with Crippen LogP contribution in [0.3, 0.4) is 0 Å². The average molecular weight is 313 g/mol. The van der Waals surface area contributed by atoms with Crippen LogP contribution >= 0.6 is 0 Å². The molecule has 0 radical (unpaired) electrons. The van der Waals surface area contributed by atoms with Crippen LogP contribution in [0.4, 0.5) is 0 Å². The summed E-state index contributed by atoms with van der Waals surface area (Å²) in [5.41, 5.74) is 12.2. The SMILES string of the molecule is C=C(NCc1ccccc1)C1CCCN1C(=C)C/C(=C/N)NN. The summed E-state index contributed by atoms with van der Waals surface area (Å²) in [6.07, 6.45) is 4.32. The molecule has 0 bridgehead atoms. The molecule has 1 heterocycles. The van der Waals surface area contributed by atoms with Crippen molar-refractivity contribution in [3.63, 3.8) is 0 Å². The number of hydrogen-bond acceptors (Lipinski definition) is 5. The standard InChI is InChI=1S/C18H27N5/c1-14(11-17(12-19)22-20)23-10-6-9-18(23)15(2)21-13-16-7-4-3-5-8-16/h3-5,7-8,12,18,21-22H,1-2,6,9-11,13,19-20H2/b17-12-. The topological polar surface area (TPSA) is 79.3 Å². The first-order valence-electron chi connectivity index (χ1n) is 7.94. The van der Waals surface area contributed by atoms with Crippen molar-refractivity contribution in [2.75, 3.05) is 6.54 Å². The van der Waals surface area contributed by atoms with Crippen molar-refractivity contribution in [3.8, 4) is 0 Å². The van der Waals surface area contributed by atoms with Gasteiger partial charge in [0.25, 0.3) is 0 Å². The third kappa shape index (κ3) is 4.53. The predicted molar refractivity (Wildman–Crippen MR) is 95.5 cm³/mol. The molecular formula is C18H27N5. The fourth-order valence-electron chi connectivity index (χ4n) is 2.92. The molecular weight excluding hydrogens is 286 g/mol. The van der Waals surface area contributed by atoms with Gasteiger partial charge in [0.05, 0.1) is 6.04 Å². The van der Waals surface area contributed by atoms with Crippen molar-refractivity contribution in [1.82, 2.24) is 15.6 Å². The predicted octanol–water partition coefficient (Wildman–Crippen LogP) is 1.92. The first kappa shape index (κ1) is 17.0. The molecule has 23 heavy (non-hydrogen) atoms. The smallest absolute Gasteiger partial charge is 0.0680 e. The Bertz CT molecular complexity index is 564. The van der Waals surface area contributed by atoms with Gasteiger partial charge in [-0.05, 0) is 18.4 Å². The van der Waals surface area contributed by atoms with Gasteiger partial charge in [0.15, 0.2) is 0 Å². The highest BCUT2D eigenvalue weighted by molar-refractivity contribution is 5.19. The van der Waals surface area contributed by atoms with E-state index < -0.39 is 0 Å². The summed E-state index contributed by atoms with van der Waals surface area (Å²) >= 11 is 0. The van der Waals surface area contributed by atoms with Crippen LogP contribution in [0.5, 0.6) is 0 Å². The maximum absolute atomic E-state index is 5.54. The Kier molecular flexibility index (Phi) is 6.11. The van der Waals surface area contributed by atoms with Crippen LogP contribution in [0.15, 0.2) is 66.8 Å². The summed E-state index contributed by atoms with van der Waals surface area (Å²) in [6.45, 7) is 10.2. The molecule has 0 amide bonds. The zero-order valence-electron chi connectivity index (χ0n) is 13.6. The maximum atomic E-state index is 5.54. The minimum atomic E-state index is 0.267. The van der Waals surface area contributed by atoms with E-state index in [0.717, 1.165) is 43.0 Å². The Morgan fingerprint density at radius 1 is 1.30 bits per heavy atom. The number of hydrogen-bond donors (Lipinski definition) is 4. The van der Waals surface area contributed by atoms with E-state index in [4.69, 9.17) is 11.6 Å². The van der Waals surface area contributed by atoms with E-state index in [2.05, 4.69) is 40.9 Å². The number of hydrazine groups is 1. The van der Waals surface area contributed by atoms with Gasteiger partial charge < -0.3 is 21.4 Å². The van der Waals surface area contributed by atoms with Gasteiger partial charge in [-0.15, -0.1) is 0 Å². The zero-order chi connectivity index (χ0) is 16.7. The van der Waals surface area contributed by atoms with E-state index in [1.54, 1.807) is 0 Å². The van der Waals surface area contributed by atoms with Crippen LogP contribution in [0.25, 0.3) is 0 Å². The van der Waals surface area contributed by atoms with Gasteiger partial charge in [0.1, 0.15) is 0 Å². The highest BCUT2D eigenvalue weighted by Gasteiger charge is 2.27. The molecule has 5 nitrogen and oxygen atoms in total. The Labute approximate surface area is 138 Å². The summed E-state index contributed by atoms with van der Waals surface area (Å²) < 4.78 is 0. The summed E-state index contributed by atoms with van der Waals surface area (Å²) in [4.78, 5) is 2.29. The highest BCUT2D eigenvalue weighted by Crippen LogP contribution is 2.27. The van der Waals surface area contributed by atoms with E-state index in [0.29, 0.717) is 6.42 Å². The van der Waals surface area contributed by atoms with Gasteiger partial charge >= 0.3 is 0 Å². The molecule has 1 aliphatic heterocycles. The third-order valence-corrected chi connectivity index (χ3v) is 4.20. The lowest BCUT2D eigenvalue weighted by molar-refractivity contribution is 0.336. The molecule has 0 aliphatic carbocycles. The van der Waals surface area contributed by atoms with Gasteiger partial charge in [0, 0.05) is 42.8 Å². The van der Waals surface area contributed by atoms with Crippen molar-refractivity contribution >= 4 is 0 Å². The van der Waals surface area contributed by atoms with Crippen LogP contribution < -0.4 is 22.3 Å². The lowest BCUT2D eigenvalue weighted by Gasteiger charge is -2.31. The molecule has 5 heteroatoms. The van der Waals surface area contributed by atoms with Crippen molar-refractivity contribution in [2.45, 2.75) is 31.8 Å². The minimum Gasteiger partial charge on any atom is -0.403 e. The molecule has 0 aromatic heterocycles. The maximum Gasteiger partial charge on any atom is 0.0680 e. The lowest BCUT2D eigenvalue weighted by atomic mass is 10.1. The van der Waals surface area contributed by atoms with Crippen LogP contribution in [-0.4, -0.2) is 17.5 Å². The van der Waals surface area contributed by atoms with E-state index in [9.17, 15) is 0 Å². The molecule has 1 unspecified atom stereocenters. The van der Waals surface area contributed by atoms with Crippen molar-refractivity contribution < 1.29 is 0 Å². The minimum absolute atomic E-state index is 0.267. The van der Waals surface area contributed by atoms with E-state index >= 15 is 0 Å². The number of nitrogens with two attached hydrogens (primary N) is 2. The number of nitrogens with one attached hydrogen (secondary N) is 2. The summed E-state index contributed by atoms with van der Waals surface area (Å²) in [5, 5.41) is 3.45. The second-order valence-corrected chi connectivity index (χ2v) is 5.80. The Balaban J connectivity index is 1.92. The van der Waals surface area contributed by atoms with Crippen molar-refractivity contribution in [1.29, 1.82) is 0 Å². The number of nitrogens with zero attached hydrogens (tertiary/aromatic N) is 1. The molecule has 1 saturated heterocycles. The van der Waals surface area contributed by atoms with Gasteiger partial charge in [0.2, 0.25) is 0 Å². The largest absolute Gasteiger partial charge is 0.403 e. The highest BCUT2D eigenvalue weighted by atomic mass is 15.2. The first-order chi connectivity index (χ1) is 11.2.